The van der Waals surface area contributed by atoms with Crippen molar-refractivity contribution in [3.05, 3.63) is 0 Å². The molecule has 76 valence electrons. The van der Waals surface area contributed by atoms with Crippen molar-refractivity contribution >= 4 is 11.8 Å². The zero-order valence-corrected chi connectivity index (χ0v) is 8.57. The van der Waals surface area contributed by atoms with E-state index < -0.39 is 6.04 Å². The second-order valence-corrected chi connectivity index (χ2v) is 3.27. The van der Waals surface area contributed by atoms with Gasteiger partial charge in [0.15, 0.2) is 0 Å². The SMILES string of the molecule is C[C@@H](N)C(=O)N(C)CC(=O)N(C)C. The van der Waals surface area contributed by atoms with Crippen LogP contribution in [-0.4, -0.2) is 55.3 Å². The summed E-state index contributed by atoms with van der Waals surface area (Å²) in [5, 5.41) is 0. The zero-order valence-electron chi connectivity index (χ0n) is 8.57. The van der Waals surface area contributed by atoms with E-state index in [4.69, 9.17) is 5.73 Å². The van der Waals surface area contributed by atoms with Gasteiger partial charge in [-0.1, -0.05) is 0 Å². The maximum atomic E-state index is 11.2. The van der Waals surface area contributed by atoms with E-state index in [-0.39, 0.29) is 18.4 Å². The fourth-order valence-electron chi connectivity index (χ4n) is 0.770. The molecule has 0 heterocycles. The molecule has 0 fully saturated rings. The molecule has 0 spiro atoms. The van der Waals surface area contributed by atoms with Gasteiger partial charge in [0.2, 0.25) is 11.8 Å². The molecule has 0 saturated carbocycles. The molecule has 0 aromatic carbocycles. The number of hydrogen-bond acceptors (Lipinski definition) is 3. The molecule has 0 aromatic rings. The highest BCUT2D eigenvalue weighted by Gasteiger charge is 2.16. The van der Waals surface area contributed by atoms with Crippen LogP contribution < -0.4 is 5.73 Å². The van der Waals surface area contributed by atoms with E-state index in [0.717, 1.165) is 0 Å². The number of carbonyl (C=O) groups excluding carboxylic acids is 2. The topological polar surface area (TPSA) is 66.6 Å². The lowest BCUT2D eigenvalue weighted by molar-refractivity contribution is -0.138. The Kier molecular flexibility index (Phi) is 4.40. The minimum absolute atomic E-state index is 0.0768. The summed E-state index contributed by atoms with van der Waals surface area (Å²) in [6.45, 7) is 1.67. The maximum absolute atomic E-state index is 11.2. The number of likely N-dealkylation sites (N-methyl/N-ethyl adjacent to an activating group) is 2. The third-order valence-corrected chi connectivity index (χ3v) is 1.64. The van der Waals surface area contributed by atoms with Crippen LogP contribution in [-0.2, 0) is 9.59 Å². The highest BCUT2D eigenvalue weighted by Crippen LogP contribution is 1.90. The first-order chi connectivity index (χ1) is 5.86. The van der Waals surface area contributed by atoms with Crippen LogP contribution in [0.15, 0.2) is 0 Å². The standard InChI is InChI=1S/C8H17N3O2/c1-6(9)8(13)11(4)5-7(12)10(2)3/h6H,5,9H2,1-4H3/t6-/m1/s1. The fraction of sp³-hybridized carbons (Fsp3) is 0.750. The largest absolute Gasteiger partial charge is 0.347 e. The molecule has 0 aliphatic heterocycles. The van der Waals surface area contributed by atoms with Crippen molar-refractivity contribution < 1.29 is 9.59 Å². The summed E-state index contributed by atoms with van der Waals surface area (Å²) in [7, 11) is 4.85. The zero-order chi connectivity index (χ0) is 10.6. The summed E-state index contributed by atoms with van der Waals surface area (Å²) in [6, 6.07) is -0.556. The summed E-state index contributed by atoms with van der Waals surface area (Å²) in [5.74, 6) is -0.341. The number of carbonyl (C=O) groups is 2. The minimum Gasteiger partial charge on any atom is -0.347 e. The van der Waals surface area contributed by atoms with Crippen molar-refractivity contribution in [2.75, 3.05) is 27.7 Å². The van der Waals surface area contributed by atoms with E-state index in [1.807, 2.05) is 0 Å². The number of hydrogen-bond donors (Lipinski definition) is 1. The summed E-state index contributed by atoms with van der Waals surface area (Å²) in [5.41, 5.74) is 5.37. The van der Waals surface area contributed by atoms with E-state index in [1.165, 1.54) is 9.80 Å². The smallest absolute Gasteiger partial charge is 0.241 e. The van der Waals surface area contributed by atoms with Gasteiger partial charge in [0.1, 0.15) is 0 Å². The quantitative estimate of drug-likeness (QED) is 0.608. The van der Waals surface area contributed by atoms with E-state index in [1.54, 1.807) is 28.1 Å². The van der Waals surface area contributed by atoms with E-state index in [2.05, 4.69) is 0 Å². The van der Waals surface area contributed by atoms with E-state index >= 15 is 0 Å². The van der Waals surface area contributed by atoms with Crippen LogP contribution in [0.1, 0.15) is 6.92 Å². The lowest BCUT2D eigenvalue weighted by atomic mass is 10.3. The minimum atomic E-state index is -0.556. The van der Waals surface area contributed by atoms with Gasteiger partial charge in [-0.2, -0.15) is 0 Å². The summed E-state index contributed by atoms with van der Waals surface area (Å²) in [4.78, 5) is 25.2. The van der Waals surface area contributed by atoms with Crippen molar-refractivity contribution in [3.8, 4) is 0 Å². The van der Waals surface area contributed by atoms with Crippen molar-refractivity contribution in [1.29, 1.82) is 0 Å². The normalized spacial score (nSPS) is 12.1. The van der Waals surface area contributed by atoms with Crippen molar-refractivity contribution in [2.24, 2.45) is 5.73 Å². The Balaban J connectivity index is 4.08. The Morgan fingerprint density at radius 2 is 1.77 bits per heavy atom. The van der Waals surface area contributed by atoms with Gasteiger partial charge in [-0.05, 0) is 6.92 Å². The van der Waals surface area contributed by atoms with Crippen LogP contribution in [0, 0.1) is 0 Å². The molecule has 2 amide bonds. The van der Waals surface area contributed by atoms with Crippen LogP contribution in [0.3, 0.4) is 0 Å². The highest BCUT2D eigenvalue weighted by molar-refractivity contribution is 5.86. The van der Waals surface area contributed by atoms with Crippen molar-refractivity contribution in [1.82, 2.24) is 9.80 Å². The summed E-state index contributed by atoms with van der Waals surface area (Å²) in [6.07, 6.45) is 0. The third-order valence-electron chi connectivity index (χ3n) is 1.64. The van der Waals surface area contributed by atoms with Gasteiger partial charge in [-0.25, -0.2) is 0 Å². The Hall–Kier alpha value is -1.10. The number of nitrogens with two attached hydrogens (primary N) is 1. The lowest BCUT2D eigenvalue weighted by Crippen LogP contribution is -2.44. The molecule has 13 heavy (non-hydrogen) atoms. The summed E-state index contributed by atoms with van der Waals surface area (Å²) < 4.78 is 0. The van der Waals surface area contributed by atoms with Crippen LogP contribution in [0.25, 0.3) is 0 Å². The predicted molar refractivity (Wildman–Crippen MR) is 50.0 cm³/mol. The molecule has 0 radical (unpaired) electrons. The first kappa shape index (κ1) is 11.9. The molecule has 0 rings (SSSR count). The number of rotatable bonds is 3. The van der Waals surface area contributed by atoms with Crippen molar-refractivity contribution in [3.63, 3.8) is 0 Å². The molecule has 0 aromatic heterocycles. The van der Waals surface area contributed by atoms with Gasteiger partial charge in [0.05, 0.1) is 12.6 Å². The van der Waals surface area contributed by atoms with Crippen LogP contribution >= 0.6 is 0 Å². The summed E-state index contributed by atoms with van der Waals surface area (Å²) >= 11 is 0. The van der Waals surface area contributed by atoms with Crippen LogP contribution in [0.4, 0.5) is 0 Å². The molecule has 5 heteroatoms. The average molecular weight is 187 g/mol. The lowest BCUT2D eigenvalue weighted by Gasteiger charge is -2.20. The van der Waals surface area contributed by atoms with Gasteiger partial charge >= 0.3 is 0 Å². The van der Waals surface area contributed by atoms with Gasteiger partial charge in [-0.15, -0.1) is 0 Å². The monoisotopic (exact) mass is 187 g/mol. The van der Waals surface area contributed by atoms with Gasteiger partial charge < -0.3 is 15.5 Å². The molecule has 5 nitrogen and oxygen atoms in total. The molecule has 0 aliphatic rings. The maximum Gasteiger partial charge on any atom is 0.241 e. The predicted octanol–water partition coefficient (Wildman–Crippen LogP) is -1.12. The molecule has 0 bridgehead atoms. The second-order valence-electron chi connectivity index (χ2n) is 3.27. The van der Waals surface area contributed by atoms with Crippen LogP contribution in [0.5, 0.6) is 0 Å². The third kappa shape index (κ3) is 3.89. The highest BCUT2D eigenvalue weighted by atomic mass is 16.2. The molecular weight excluding hydrogens is 170 g/mol. The van der Waals surface area contributed by atoms with E-state index in [0.29, 0.717) is 0 Å². The fourth-order valence-corrected chi connectivity index (χ4v) is 0.770. The number of nitrogens with zero attached hydrogens (tertiary/aromatic N) is 2. The Morgan fingerprint density at radius 3 is 2.08 bits per heavy atom. The molecule has 1 atom stereocenters. The first-order valence-corrected chi connectivity index (χ1v) is 4.07. The number of amides is 2. The Labute approximate surface area is 78.5 Å². The van der Waals surface area contributed by atoms with Gasteiger partial charge in [-0.3, -0.25) is 9.59 Å². The van der Waals surface area contributed by atoms with Crippen molar-refractivity contribution in [2.45, 2.75) is 13.0 Å². The first-order valence-electron chi connectivity index (χ1n) is 4.07. The average Bonchev–Trinajstić information content (AvgIpc) is 2.02. The van der Waals surface area contributed by atoms with Gasteiger partial charge in [0.25, 0.3) is 0 Å². The van der Waals surface area contributed by atoms with E-state index in [9.17, 15) is 9.59 Å². The molecule has 0 aliphatic carbocycles. The molecule has 0 unspecified atom stereocenters. The van der Waals surface area contributed by atoms with Gasteiger partial charge in [0, 0.05) is 21.1 Å². The van der Waals surface area contributed by atoms with Crippen LogP contribution in [0.2, 0.25) is 0 Å². The Bertz CT molecular complexity index is 202. The second kappa shape index (κ2) is 4.81. The molecule has 0 saturated heterocycles. The molecular formula is C8H17N3O2. The molecule has 2 N–H and O–H groups in total. The Morgan fingerprint density at radius 1 is 1.31 bits per heavy atom.